The second-order valence-electron chi connectivity index (χ2n) is 4.51. The molecule has 0 aliphatic rings. The highest BCUT2D eigenvalue weighted by Gasteiger charge is 2.07. The molecule has 0 aliphatic heterocycles. The third-order valence-corrected chi connectivity index (χ3v) is 3.23. The number of halogens is 1. The van der Waals surface area contributed by atoms with E-state index in [0.29, 0.717) is 16.2 Å². The molecule has 1 aromatic heterocycles. The summed E-state index contributed by atoms with van der Waals surface area (Å²) in [7, 11) is 0. The van der Waals surface area contributed by atoms with Crippen LogP contribution in [0.25, 0.3) is 11.4 Å². The number of nitrogens with one attached hydrogen (secondary N) is 1. The zero-order valence-corrected chi connectivity index (χ0v) is 12.1. The third kappa shape index (κ3) is 2.94. The number of hydrogen-bond donors (Lipinski definition) is 2. The highest BCUT2D eigenvalue weighted by molar-refractivity contribution is 7.71. The number of benzene rings is 2. The maximum Gasteiger partial charge on any atom is 0.216 e. The predicted octanol–water partition coefficient (Wildman–Crippen LogP) is 3.33. The van der Waals surface area contributed by atoms with Crippen molar-refractivity contribution in [1.82, 2.24) is 14.9 Å². The minimum absolute atomic E-state index is 0.184. The normalized spacial score (nSPS) is 11.1. The average molecular weight is 314 g/mol. The van der Waals surface area contributed by atoms with E-state index in [1.807, 2.05) is 0 Å². The van der Waals surface area contributed by atoms with Crippen molar-refractivity contribution < 1.29 is 9.50 Å². The van der Waals surface area contributed by atoms with Gasteiger partial charge in [-0.2, -0.15) is 14.9 Å². The van der Waals surface area contributed by atoms with Crippen LogP contribution in [0.4, 0.5) is 4.39 Å². The van der Waals surface area contributed by atoms with Gasteiger partial charge in [-0.25, -0.2) is 9.49 Å². The first-order valence-electron chi connectivity index (χ1n) is 6.40. The Labute approximate surface area is 130 Å². The fourth-order valence-corrected chi connectivity index (χ4v) is 2.05. The third-order valence-electron chi connectivity index (χ3n) is 2.97. The molecular weight excluding hydrogens is 303 g/mol. The van der Waals surface area contributed by atoms with Crippen molar-refractivity contribution >= 4 is 18.4 Å². The minimum atomic E-state index is -0.322. The molecule has 1 heterocycles. The summed E-state index contributed by atoms with van der Waals surface area (Å²) in [5, 5.41) is 20.3. The maximum atomic E-state index is 13.0. The van der Waals surface area contributed by atoms with Gasteiger partial charge in [-0.1, -0.05) is 0 Å². The molecule has 0 spiro atoms. The van der Waals surface area contributed by atoms with E-state index in [1.165, 1.54) is 16.8 Å². The molecule has 7 heteroatoms. The van der Waals surface area contributed by atoms with Gasteiger partial charge in [-0.05, 0) is 66.3 Å². The minimum Gasteiger partial charge on any atom is -0.508 e. The zero-order chi connectivity index (χ0) is 15.5. The molecule has 0 saturated carbocycles. The lowest BCUT2D eigenvalue weighted by Crippen LogP contribution is -1.95. The summed E-state index contributed by atoms with van der Waals surface area (Å²) < 4.78 is 14.8. The van der Waals surface area contributed by atoms with Crippen LogP contribution in [0.1, 0.15) is 5.56 Å². The smallest absolute Gasteiger partial charge is 0.216 e. The molecule has 0 atom stereocenters. The van der Waals surface area contributed by atoms with Crippen LogP contribution in [-0.4, -0.2) is 26.2 Å². The number of hydrogen-bond acceptors (Lipinski definition) is 4. The fourth-order valence-electron chi connectivity index (χ4n) is 1.87. The van der Waals surface area contributed by atoms with E-state index in [1.54, 1.807) is 42.6 Å². The number of H-pyrrole nitrogens is 1. The van der Waals surface area contributed by atoms with Crippen molar-refractivity contribution in [3.8, 4) is 17.1 Å². The average Bonchev–Trinajstić information content (AvgIpc) is 2.89. The van der Waals surface area contributed by atoms with Crippen molar-refractivity contribution in [3.05, 3.63) is 64.7 Å². The Morgan fingerprint density at radius 3 is 2.50 bits per heavy atom. The SMILES string of the molecule is Oc1ccc(/C=N\n2c(-c3ccc(F)cc3)n[nH]c2=S)cc1. The topological polar surface area (TPSA) is 66.2 Å². The molecule has 22 heavy (non-hydrogen) atoms. The van der Waals surface area contributed by atoms with Gasteiger partial charge in [0.1, 0.15) is 11.6 Å². The molecule has 0 bridgehead atoms. The molecular formula is C15H11FN4OS. The lowest BCUT2D eigenvalue weighted by atomic mass is 10.2. The first-order valence-corrected chi connectivity index (χ1v) is 6.81. The molecule has 0 radical (unpaired) electrons. The van der Waals surface area contributed by atoms with Gasteiger partial charge in [0.05, 0.1) is 6.21 Å². The molecule has 2 aromatic carbocycles. The van der Waals surface area contributed by atoms with Gasteiger partial charge in [0, 0.05) is 5.56 Å². The number of phenolic OH excluding ortho intramolecular Hbond substituents is 1. The fraction of sp³-hybridized carbons (Fsp3) is 0. The highest BCUT2D eigenvalue weighted by Crippen LogP contribution is 2.17. The Morgan fingerprint density at radius 2 is 1.82 bits per heavy atom. The quantitative estimate of drug-likeness (QED) is 0.575. The Hall–Kier alpha value is -2.80. The van der Waals surface area contributed by atoms with Crippen LogP contribution >= 0.6 is 12.2 Å². The van der Waals surface area contributed by atoms with Gasteiger partial charge in [0.15, 0.2) is 5.82 Å². The second-order valence-corrected chi connectivity index (χ2v) is 4.89. The van der Waals surface area contributed by atoms with Gasteiger partial charge in [0.25, 0.3) is 0 Å². The van der Waals surface area contributed by atoms with Crippen molar-refractivity contribution in [2.24, 2.45) is 5.10 Å². The Balaban J connectivity index is 1.97. The van der Waals surface area contributed by atoms with Crippen molar-refractivity contribution in [1.29, 1.82) is 0 Å². The van der Waals surface area contributed by atoms with Crippen LogP contribution in [0, 0.1) is 10.6 Å². The molecule has 0 amide bonds. The summed E-state index contributed by atoms with van der Waals surface area (Å²) in [5.41, 5.74) is 1.49. The van der Waals surface area contributed by atoms with Crippen LogP contribution in [0.15, 0.2) is 53.6 Å². The van der Waals surface area contributed by atoms with E-state index in [9.17, 15) is 9.50 Å². The van der Waals surface area contributed by atoms with E-state index >= 15 is 0 Å². The number of nitrogens with zero attached hydrogens (tertiary/aromatic N) is 3. The molecule has 0 unspecified atom stereocenters. The second kappa shape index (κ2) is 5.90. The molecule has 110 valence electrons. The summed E-state index contributed by atoms with van der Waals surface area (Å²) >= 11 is 5.15. The predicted molar refractivity (Wildman–Crippen MR) is 83.9 cm³/mol. The van der Waals surface area contributed by atoms with Gasteiger partial charge in [0.2, 0.25) is 4.77 Å². The summed E-state index contributed by atoms with van der Waals surface area (Å²) in [4.78, 5) is 0. The zero-order valence-electron chi connectivity index (χ0n) is 11.3. The molecule has 2 N–H and O–H groups in total. The van der Waals surface area contributed by atoms with Crippen LogP contribution in [-0.2, 0) is 0 Å². The molecule has 0 aliphatic carbocycles. The van der Waals surface area contributed by atoms with Crippen LogP contribution in [0.2, 0.25) is 0 Å². The van der Waals surface area contributed by atoms with E-state index in [2.05, 4.69) is 15.3 Å². The van der Waals surface area contributed by atoms with Crippen molar-refractivity contribution in [3.63, 3.8) is 0 Å². The molecule has 5 nitrogen and oxygen atoms in total. The maximum absolute atomic E-state index is 13.0. The van der Waals surface area contributed by atoms with E-state index in [0.717, 1.165) is 5.56 Å². The largest absolute Gasteiger partial charge is 0.508 e. The lowest BCUT2D eigenvalue weighted by Gasteiger charge is -2.01. The van der Waals surface area contributed by atoms with Crippen LogP contribution < -0.4 is 0 Å². The van der Waals surface area contributed by atoms with Gasteiger partial charge >= 0.3 is 0 Å². The van der Waals surface area contributed by atoms with Gasteiger partial charge in [-0.3, -0.25) is 0 Å². The van der Waals surface area contributed by atoms with Crippen LogP contribution in [0.3, 0.4) is 0 Å². The number of aromatic nitrogens is 3. The van der Waals surface area contributed by atoms with Gasteiger partial charge in [-0.15, -0.1) is 0 Å². The molecule has 3 rings (SSSR count). The Morgan fingerprint density at radius 1 is 1.14 bits per heavy atom. The Kier molecular flexibility index (Phi) is 3.80. The number of rotatable bonds is 3. The summed E-state index contributed by atoms with van der Waals surface area (Å²) in [5.74, 6) is 0.348. The van der Waals surface area contributed by atoms with Crippen LogP contribution in [0.5, 0.6) is 5.75 Å². The first kappa shape index (κ1) is 14.2. The van der Waals surface area contributed by atoms with E-state index in [-0.39, 0.29) is 11.6 Å². The molecule has 3 aromatic rings. The summed E-state index contributed by atoms with van der Waals surface area (Å²) in [6.07, 6.45) is 1.60. The monoisotopic (exact) mass is 314 g/mol. The number of aromatic amines is 1. The summed E-state index contributed by atoms with van der Waals surface area (Å²) in [6.45, 7) is 0. The number of phenols is 1. The molecule has 0 saturated heterocycles. The van der Waals surface area contributed by atoms with E-state index in [4.69, 9.17) is 12.2 Å². The standard InChI is InChI=1S/C15H11FN4OS/c16-12-5-3-11(4-6-12)14-18-19-15(22)20(14)17-9-10-1-7-13(21)8-2-10/h1-9,21H,(H,19,22)/b17-9-. The highest BCUT2D eigenvalue weighted by atomic mass is 32.1. The molecule has 0 fully saturated rings. The van der Waals surface area contributed by atoms with Gasteiger partial charge < -0.3 is 5.11 Å². The van der Waals surface area contributed by atoms with E-state index < -0.39 is 0 Å². The Bertz CT molecular complexity index is 866. The lowest BCUT2D eigenvalue weighted by molar-refractivity contribution is 0.475. The number of aromatic hydroxyl groups is 1. The summed E-state index contributed by atoms with van der Waals surface area (Å²) in [6, 6.07) is 12.5. The van der Waals surface area contributed by atoms with Crippen molar-refractivity contribution in [2.75, 3.05) is 0 Å². The van der Waals surface area contributed by atoms with Crippen molar-refractivity contribution in [2.45, 2.75) is 0 Å². The first-order chi connectivity index (χ1) is 10.6.